The molecule has 1 saturated carbocycles. The van der Waals surface area contributed by atoms with E-state index in [-0.39, 0.29) is 0 Å². The molecule has 7 heteroatoms. The third-order valence-corrected chi connectivity index (χ3v) is 4.94. The van der Waals surface area contributed by atoms with Crippen LogP contribution in [0, 0.1) is 5.92 Å². The van der Waals surface area contributed by atoms with Gasteiger partial charge in [-0.05, 0) is 31.4 Å². The highest BCUT2D eigenvalue weighted by Crippen LogP contribution is 2.28. The zero-order valence-corrected chi connectivity index (χ0v) is 14.1. The molecular weight excluding hydrogens is 324 g/mol. The van der Waals surface area contributed by atoms with E-state index in [1.807, 2.05) is 0 Å². The number of nitrogens with one attached hydrogen (secondary N) is 1. The second kappa shape index (κ2) is 7.13. The molecule has 2 unspecified atom stereocenters. The zero-order chi connectivity index (χ0) is 18.0. The van der Waals surface area contributed by atoms with E-state index in [0.29, 0.717) is 23.4 Å². The summed E-state index contributed by atoms with van der Waals surface area (Å²) >= 11 is 0. The lowest BCUT2D eigenvalue weighted by Crippen LogP contribution is -2.45. The summed E-state index contributed by atoms with van der Waals surface area (Å²) in [7, 11) is 0. The molecule has 2 aromatic rings. The van der Waals surface area contributed by atoms with Gasteiger partial charge < -0.3 is 14.8 Å². The van der Waals surface area contributed by atoms with Crippen LogP contribution >= 0.6 is 0 Å². The molecule has 1 aromatic heterocycles. The van der Waals surface area contributed by atoms with Gasteiger partial charge in [0.15, 0.2) is 5.58 Å². The minimum absolute atomic E-state index is 0.328. The van der Waals surface area contributed by atoms with E-state index in [1.54, 1.807) is 31.2 Å². The van der Waals surface area contributed by atoms with Crippen molar-refractivity contribution in [1.29, 1.82) is 0 Å². The standard InChI is InChI=1S/C18H22N2O5/c1-11(20-14-8-4-5-9-15(14)25-18(20)24)16(21)19-13(17(22)23)10-12-6-2-3-7-12/h4-5,8-9,11-13H,2-3,6-7,10H2,1H3,(H,19,21)(H,22,23). The van der Waals surface area contributed by atoms with Crippen molar-refractivity contribution in [1.82, 2.24) is 9.88 Å². The Morgan fingerprint density at radius 1 is 1.32 bits per heavy atom. The summed E-state index contributed by atoms with van der Waals surface area (Å²) in [6, 6.07) is 5.03. The van der Waals surface area contributed by atoms with Crippen molar-refractivity contribution in [2.75, 3.05) is 0 Å². The highest BCUT2D eigenvalue weighted by atomic mass is 16.4. The Hall–Kier alpha value is -2.57. The fourth-order valence-electron chi connectivity index (χ4n) is 3.56. The first-order chi connectivity index (χ1) is 12.0. The van der Waals surface area contributed by atoms with Crippen molar-refractivity contribution in [2.45, 2.75) is 51.1 Å². The number of aliphatic carboxylic acids is 1. The Morgan fingerprint density at radius 2 is 2.00 bits per heavy atom. The lowest BCUT2D eigenvalue weighted by Gasteiger charge is -2.20. The van der Waals surface area contributed by atoms with Gasteiger partial charge in [-0.15, -0.1) is 0 Å². The number of carbonyl (C=O) groups excluding carboxylic acids is 1. The second-order valence-corrected chi connectivity index (χ2v) is 6.67. The van der Waals surface area contributed by atoms with Gasteiger partial charge >= 0.3 is 11.7 Å². The summed E-state index contributed by atoms with van der Waals surface area (Å²) in [5.74, 6) is -1.85. The van der Waals surface area contributed by atoms with E-state index < -0.39 is 29.7 Å². The van der Waals surface area contributed by atoms with E-state index in [1.165, 1.54) is 4.57 Å². The van der Waals surface area contributed by atoms with E-state index in [9.17, 15) is 19.5 Å². The van der Waals surface area contributed by atoms with Gasteiger partial charge in [0.1, 0.15) is 12.1 Å². The first kappa shape index (κ1) is 17.3. The highest BCUT2D eigenvalue weighted by Gasteiger charge is 2.29. The summed E-state index contributed by atoms with van der Waals surface area (Å²) < 4.78 is 6.39. The smallest absolute Gasteiger partial charge is 0.420 e. The molecule has 7 nitrogen and oxygen atoms in total. The number of rotatable bonds is 6. The Morgan fingerprint density at radius 3 is 2.68 bits per heavy atom. The van der Waals surface area contributed by atoms with Crippen molar-refractivity contribution in [3.8, 4) is 0 Å². The number of hydrogen-bond donors (Lipinski definition) is 2. The van der Waals surface area contributed by atoms with Crippen LogP contribution in [0.4, 0.5) is 0 Å². The predicted octanol–water partition coefficient (Wildman–Crippen LogP) is 2.31. The first-order valence-electron chi connectivity index (χ1n) is 8.60. The molecule has 1 aromatic carbocycles. The van der Waals surface area contributed by atoms with Crippen LogP contribution in [0.15, 0.2) is 33.5 Å². The summed E-state index contributed by atoms with van der Waals surface area (Å²) in [6.07, 6.45) is 4.65. The van der Waals surface area contributed by atoms with Crippen LogP contribution < -0.4 is 11.1 Å². The lowest BCUT2D eigenvalue weighted by atomic mass is 9.98. The van der Waals surface area contributed by atoms with Gasteiger partial charge in [0.2, 0.25) is 5.91 Å². The number of carboxylic acids is 1. The van der Waals surface area contributed by atoms with Crippen LogP contribution in [0.3, 0.4) is 0 Å². The number of fused-ring (bicyclic) bond motifs is 1. The Balaban J connectivity index is 1.77. The normalized spacial score (nSPS) is 17.5. The Kier molecular flexibility index (Phi) is 4.92. The number of carboxylic acid groups (broad SMARTS) is 1. The number of aromatic nitrogens is 1. The topological polar surface area (TPSA) is 102 Å². The van der Waals surface area contributed by atoms with Gasteiger partial charge in [0.05, 0.1) is 5.52 Å². The van der Waals surface area contributed by atoms with Crippen molar-refractivity contribution < 1.29 is 19.1 Å². The number of nitrogens with zero attached hydrogens (tertiary/aromatic N) is 1. The monoisotopic (exact) mass is 346 g/mol. The fourth-order valence-corrected chi connectivity index (χ4v) is 3.56. The summed E-state index contributed by atoms with van der Waals surface area (Å²) in [6.45, 7) is 1.56. The highest BCUT2D eigenvalue weighted by molar-refractivity contribution is 5.87. The van der Waals surface area contributed by atoms with Crippen molar-refractivity contribution in [3.05, 3.63) is 34.8 Å². The molecule has 1 heterocycles. The van der Waals surface area contributed by atoms with Gasteiger partial charge in [-0.1, -0.05) is 37.8 Å². The molecule has 1 aliphatic rings. The van der Waals surface area contributed by atoms with Crippen LogP contribution in [0.25, 0.3) is 11.1 Å². The average molecular weight is 346 g/mol. The minimum atomic E-state index is -1.04. The number of hydrogen-bond acceptors (Lipinski definition) is 4. The quantitative estimate of drug-likeness (QED) is 0.836. The summed E-state index contributed by atoms with van der Waals surface area (Å²) in [5, 5.41) is 12.0. The second-order valence-electron chi connectivity index (χ2n) is 6.67. The molecule has 0 bridgehead atoms. The van der Waals surface area contributed by atoms with Gasteiger partial charge in [-0.3, -0.25) is 9.36 Å². The summed E-state index contributed by atoms with van der Waals surface area (Å²) in [5.41, 5.74) is 0.908. The van der Waals surface area contributed by atoms with E-state index in [4.69, 9.17) is 4.42 Å². The number of oxazole rings is 1. The molecule has 1 fully saturated rings. The Labute approximate surface area is 144 Å². The van der Waals surface area contributed by atoms with Gasteiger partial charge in [-0.25, -0.2) is 9.59 Å². The van der Waals surface area contributed by atoms with E-state index >= 15 is 0 Å². The predicted molar refractivity (Wildman–Crippen MR) is 91.3 cm³/mol. The van der Waals surface area contributed by atoms with E-state index in [2.05, 4.69) is 5.32 Å². The van der Waals surface area contributed by atoms with Crippen molar-refractivity contribution >= 4 is 23.0 Å². The third kappa shape index (κ3) is 3.60. The van der Waals surface area contributed by atoms with Gasteiger partial charge in [0.25, 0.3) is 0 Å². The van der Waals surface area contributed by atoms with Crippen LogP contribution in [0.1, 0.15) is 45.1 Å². The average Bonchev–Trinajstić information content (AvgIpc) is 3.19. The number of amides is 1. The molecular formula is C18H22N2O5. The SMILES string of the molecule is CC(C(=O)NC(CC1CCCC1)C(=O)O)n1c(=O)oc2ccccc21. The molecule has 0 saturated heterocycles. The van der Waals surface area contributed by atoms with Crippen molar-refractivity contribution in [3.63, 3.8) is 0 Å². The number of para-hydroxylation sites is 2. The fraction of sp³-hybridized carbons (Fsp3) is 0.500. The maximum Gasteiger partial charge on any atom is 0.420 e. The Bertz CT molecular complexity index is 831. The molecule has 134 valence electrons. The van der Waals surface area contributed by atoms with Crippen molar-refractivity contribution in [2.24, 2.45) is 5.92 Å². The molecule has 1 amide bonds. The van der Waals surface area contributed by atoms with Crippen LogP contribution in [-0.4, -0.2) is 27.6 Å². The molecule has 25 heavy (non-hydrogen) atoms. The molecule has 0 aliphatic heterocycles. The maximum atomic E-state index is 12.6. The molecule has 2 N–H and O–H groups in total. The van der Waals surface area contributed by atoms with E-state index in [0.717, 1.165) is 25.7 Å². The minimum Gasteiger partial charge on any atom is -0.480 e. The molecule has 0 spiro atoms. The van der Waals surface area contributed by atoms with Gasteiger partial charge in [-0.2, -0.15) is 0 Å². The molecule has 0 radical (unpaired) electrons. The first-order valence-corrected chi connectivity index (χ1v) is 8.60. The zero-order valence-electron chi connectivity index (χ0n) is 14.1. The molecule has 1 aliphatic carbocycles. The number of benzene rings is 1. The molecule has 2 atom stereocenters. The number of carbonyl (C=O) groups is 2. The summed E-state index contributed by atoms with van der Waals surface area (Å²) in [4.78, 5) is 36.1. The van der Waals surface area contributed by atoms with Crippen LogP contribution in [0.2, 0.25) is 0 Å². The van der Waals surface area contributed by atoms with Crippen LogP contribution in [0.5, 0.6) is 0 Å². The third-order valence-electron chi connectivity index (χ3n) is 4.94. The maximum absolute atomic E-state index is 12.6. The molecule has 3 rings (SSSR count). The van der Waals surface area contributed by atoms with Crippen LogP contribution in [-0.2, 0) is 9.59 Å². The van der Waals surface area contributed by atoms with Gasteiger partial charge in [0, 0.05) is 0 Å². The lowest BCUT2D eigenvalue weighted by molar-refractivity contribution is -0.142. The largest absolute Gasteiger partial charge is 0.480 e.